The Bertz CT molecular complexity index is 361. The van der Waals surface area contributed by atoms with E-state index in [4.69, 9.17) is 22.1 Å². The highest BCUT2D eigenvalue weighted by Gasteiger charge is 2.08. The van der Waals surface area contributed by atoms with E-state index in [0.29, 0.717) is 11.6 Å². The largest absolute Gasteiger partial charge is 0.488 e. The molecular weight excluding hydrogens is 210 g/mol. The third kappa shape index (κ3) is 3.57. The molecule has 0 aromatic heterocycles. The van der Waals surface area contributed by atoms with Crippen molar-refractivity contribution in [3.05, 3.63) is 40.9 Å². The van der Waals surface area contributed by atoms with E-state index in [1.54, 1.807) is 0 Å². The predicted octanol–water partition coefficient (Wildman–Crippen LogP) is 3.15. The Morgan fingerprint density at radius 3 is 2.80 bits per heavy atom. The Balaban J connectivity index is 2.90. The van der Waals surface area contributed by atoms with Gasteiger partial charge in [0.25, 0.3) is 0 Å². The number of nitrogens with two attached hydrogens (primary N) is 1. The lowest BCUT2D eigenvalue weighted by Crippen LogP contribution is -2.09. The van der Waals surface area contributed by atoms with Crippen molar-refractivity contribution in [1.29, 1.82) is 0 Å². The van der Waals surface area contributed by atoms with Gasteiger partial charge in [-0.15, -0.1) is 0 Å². The zero-order valence-electron chi connectivity index (χ0n) is 9.09. The quantitative estimate of drug-likeness (QED) is 0.855. The fraction of sp³-hybridized carbons (Fsp3) is 0.333. The molecule has 0 fully saturated rings. The molecule has 0 radical (unpaired) electrons. The molecule has 82 valence electrons. The highest BCUT2D eigenvalue weighted by Crippen LogP contribution is 2.25. The first-order chi connectivity index (χ1) is 7.00. The Kier molecular flexibility index (Phi) is 4.18. The molecule has 0 aliphatic carbocycles. The Labute approximate surface area is 95.7 Å². The maximum Gasteiger partial charge on any atom is 0.124 e. The van der Waals surface area contributed by atoms with Crippen LogP contribution >= 0.6 is 11.6 Å². The topological polar surface area (TPSA) is 35.2 Å². The van der Waals surface area contributed by atoms with E-state index in [9.17, 15) is 0 Å². The molecule has 0 saturated heterocycles. The van der Waals surface area contributed by atoms with Gasteiger partial charge in [0.05, 0.1) is 0 Å². The van der Waals surface area contributed by atoms with Crippen molar-refractivity contribution in [2.75, 3.05) is 6.61 Å². The zero-order chi connectivity index (χ0) is 11.4. The minimum atomic E-state index is -0.0523. The molecule has 2 N–H and O–H groups in total. The maximum absolute atomic E-state index is 5.85. The number of hydrogen-bond acceptors (Lipinski definition) is 2. The molecule has 0 unspecified atom stereocenters. The summed E-state index contributed by atoms with van der Waals surface area (Å²) >= 11 is 5.64. The molecule has 0 saturated carbocycles. The summed E-state index contributed by atoms with van der Waals surface area (Å²) in [6.45, 7) is 7.83. The Morgan fingerprint density at radius 2 is 2.27 bits per heavy atom. The van der Waals surface area contributed by atoms with Gasteiger partial charge < -0.3 is 10.5 Å². The lowest BCUT2D eigenvalue weighted by atomic mass is 10.1. The summed E-state index contributed by atoms with van der Waals surface area (Å²) in [4.78, 5) is 0. The number of halogens is 1. The second kappa shape index (κ2) is 5.19. The molecule has 0 bridgehead atoms. The highest BCUT2D eigenvalue weighted by atomic mass is 35.5. The maximum atomic E-state index is 5.85. The van der Waals surface area contributed by atoms with Crippen LogP contribution in [0.2, 0.25) is 0 Å². The van der Waals surface area contributed by atoms with Gasteiger partial charge in [-0.05, 0) is 19.9 Å². The van der Waals surface area contributed by atoms with Crippen molar-refractivity contribution < 1.29 is 4.74 Å². The number of hydrogen-bond donors (Lipinski definition) is 1. The molecule has 0 aliphatic heterocycles. The van der Waals surface area contributed by atoms with Crippen LogP contribution in [-0.4, -0.2) is 6.61 Å². The van der Waals surface area contributed by atoms with E-state index in [2.05, 4.69) is 6.58 Å². The van der Waals surface area contributed by atoms with Crippen LogP contribution in [0, 0.1) is 6.92 Å². The average molecular weight is 226 g/mol. The Hall–Kier alpha value is -0.990. The average Bonchev–Trinajstić information content (AvgIpc) is 2.15. The molecule has 15 heavy (non-hydrogen) atoms. The highest BCUT2D eigenvalue weighted by molar-refractivity contribution is 6.29. The fourth-order valence-corrected chi connectivity index (χ4v) is 1.37. The van der Waals surface area contributed by atoms with E-state index < -0.39 is 0 Å². The van der Waals surface area contributed by atoms with E-state index in [1.165, 1.54) is 5.56 Å². The molecule has 1 rings (SSSR count). The first-order valence-corrected chi connectivity index (χ1v) is 5.20. The number of ether oxygens (including phenoxy) is 1. The van der Waals surface area contributed by atoms with E-state index >= 15 is 0 Å². The first-order valence-electron chi connectivity index (χ1n) is 4.83. The summed E-state index contributed by atoms with van der Waals surface area (Å²) in [6, 6.07) is 5.87. The van der Waals surface area contributed by atoms with Crippen molar-refractivity contribution in [3.63, 3.8) is 0 Å². The van der Waals surface area contributed by atoms with Gasteiger partial charge in [0.15, 0.2) is 0 Å². The number of aryl methyl sites for hydroxylation is 1. The second-order valence-corrected chi connectivity index (χ2v) is 4.17. The van der Waals surface area contributed by atoms with Gasteiger partial charge in [-0.3, -0.25) is 0 Å². The smallest absolute Gasteiger partial charge is 0.124 e. The minimum absolute atomic E-state index is 0.0523. The monoisotopic (exact) mass is 225 g/mol. The molecule has 1 atom stereocenters. The summed E-state index contributed by atoms with van der Waals surface area (Å²) in [5.74, 6) is 0.775. The van der Waals surface area contributed by atoms with Crippen LogP contribution < -0.4 is 10.5 Å². The van der Waals surface area contributed by atoms with Crippen molar-refractivity contribution in [2.45, 2.75) is 19.9 Å². The zero-order valence-corrected chi connectivity index (χ0v) is 9.84. The van der Waals surface area contributed by atoms with Crippen LogP contribution in [-0.2, 0) is 0 Å². The molecule has 0 heterocycles. The summed E-state index contributed by atoms with van der Waals surface area (Å²) in [7, 11) is 0. The van der Waals surface area contributed by atoms with Gasteiger partial charge >= 0.3 is 0 Å². The normalized spacial score (nSPS) is 12.3. The van der Waals surface area contributed by atoms with Crippen LogP contribution in [0.1, 0.15) is 24.1 Å². The van der Waals surface area contributed by atoms with Gasteiger partial charge in [-0.25, -0.2) is 0 Å². The van der Waals surface area contributed by atoms with E-state index in [1.807, 2.05) is 32.0 Å². The van der Waals surface area contributed by atoms with Crippen LogP contribution in [0.5, 0.6) is 5.75 Å². The third-order valence-electron chi connectivity index (χ3n) is 2.04. The molecule has 3 heteroatoms. The van der Waals surface area contributed by atoms with Gasteiger partial charge in [-0.2, -0.15) is 0 Å². The SMILES string of the molecule is C=C(Cl)COc1ccc(C)cc1[C@@H](C)N. The third-order valence-corrected chi connectivity index (χ3v) is 2.15. The molecule has 2 nitrogen and oxygen atoms in total. The summed E-state index contributed by atoms with van der Waals surface area (Å²) < 4.78 is 5.50. The molecule has 1 aromatic carbocycles. The standard InChI is InChI=1S/C12H16ClNO/c1-8-4-5-12(15-7-9(2)13)11(6-8)10(3)14/h4-6,10H,2,7,14H2,1,3H3/t10-/m1/s1. The van der Waals surface area contributed by atoms with Crippen LogP contribution in [0.4, 0.5) is 0 Å². The first kappa shape index (κ1) is 12.1. The van der Waals surface area contributed by atoms with Crippen molar-refractivity contribution in [1.82, 2.24) is 0 Å². The van der Waals surface area contributed by atoms with Crippen molar-refractivity contribution in [2.24, 2.45) is 5.73 Å². The summed E-state index contributed by atoms with van der Waals surface area (Å²) in [5.41, 5.74) is 8.01. The molecule has 1 aromatic rings. The molecular formula is C12H16ClNO. The lowest BCUT2D eigenvalue weighted by molar-refractivity contribution is 0.353. The van der Waals surface area contributed by atoms with Gasteiger partial charge in [0.2, 0.25) is 0 Å². The number of benzene rings is 1. The van der Waals surface area contributed by atoms with Crippen LogP contribution in [0.3, 0.4) is 0 Å². The molecule has 0 aliphatic rings. The van der Waals surface area contributed by atoms with Crippen molar-refractivity contribution in [3.8, 4) is 5.75 Å². The number of rotatable bonds is 4. The van der Waals surface area contributed by atoms with Gasteiger partial charge in [0.1, 0.15) is 12.4 Å². The van der Waals surface area contributed by atoms with Gasteiger partial charge in [0, 0.05) is 16.6 Å². The summed E-state index contributed by atoms with van der Waals surface area (Å²) in [5, 5.41) is 0.478. The second-order valence-electron chi connectivity index (χ2n) is 3.64. The molecule has 0 amide bonds. The van der Waals surface area contributed by atoms with Crippen LogP contribution in [0.25, 0.3) is 0 Å². The molecule has 0 spiro atoms. The predicted molar refractivity (Wildman–Crippen MR) is 64.3 cm³/mol. The minimum Gasteiger partial charge on any atom is -0.488 e. The van der Waals surface area contributed by atoms with E-state index in [-0.39, 0.29) is 6.04 Å². The van der Waals surface area contributed by atoms with Crippen molar-refractivity contribution >= 4 is 11.6 Å². The van der Waals surface area contributed by atoms with Gasteiger partial charge in [-0.1, -0.05) is 35.9 Å². The lowest BCUT2D eigenvalue weighted by Gasteiger charge is -2.14. The summed E-state index contributed by atoms with van der Waals surface area (Å²) in [6.07, 6.45) is 0. The fourth-order valence-electron chi connectivity index (χ4n) is 1.31. The van der Waals surface area contributed by atoms with Crippen LogP contribution in [0.15, 0.2) is 29.8 Å². The van der Waals surface area contributed by atoms with E-state index in [0.717, 1.165) is 11.3 Å². The Morgan fingerprint density at radius 1 is 1.60 bits per heavy atom.